The summed E-state index contributed by atoms with van der Waals surface area (Å²) in [5, 5.41) is 3.25. The number of nitrogens with zero attached hydrogens (tertiary/aromatic N) is 2. The highest BCUT2D eigenvalue weighted by atomic mass is 15.0. The standard InChI is InChI=1S/C8H11N3/c1-6-7-3-2-4-9-8(7)11-5-10-6/h5H,2-4H2,1H3,(H,9,10,11). The molecule has 1 aromatic rings. The van der Waals surface area contributed by atoms with E-state index in [9.17, 15) is 0 Å². The number of hydrogen-bond acceptors (Lipinski definition) is 3. The van der Waals surface area contributed by atoms with Crippen LogP contribution in [0.1, 0.15) is 17.7 Å². The van der Waals surface area contributed by atoms with E-state index < -0.39 is 0 Å². The van der Waals surface area contributed by atoms with E-state index in [-0.39, 0.29) is 0 Å². The van der Waals surface area contributed by atoms with Crippen LogP contribution in [0.25, 0.3) is 0 Å². The van der Waals surface area contributed by atoms with Gasteiger partial charge in [0.05, 0.1) is 0 Å². The Kier molecular flexibility index (Phi) is 1.49. The highest BCUT2D eigenvalue weighted by Gasteiger charge is 2.11. The van der Waals surface area contributed by atoms with Crippen molar-refractivity contribution in [1.82, 2.24) is 9.97 Å². The minimum Gasteiger partial charge on any atom is -0.370 e. The number of anilines is 1. The molecule has 3 nitrogen and oxygen atoms in total. The molecule has 0 spiro atoms. The maximum absolute atomic E-state index is 4.16. The van der Waals surface area contributed by atoms with Crippen molar-refractivity contribution in [2.75, 3.05) is 11.9 Å². The molecule has 58 valence electrons. The lowest BCUT2D eigenvalue weighted by Gasteiger charge is -2.17. The summed E-state index contributed by atoms with van der Waals surface area (Å²) >= 11 is 0. The van der Waals surface area contributed by atoms with Gasteiger partial charge in [0.15, 0.2) is 0 Å². The molecule has 0 aliphatic carbocycles. The second-order valence-electron chi connectivity index (χ2n) is 2.82. The molecule has 0 saturated carbocycles. The largest absolute Gasteiger partial charge is 0.370 e. The summed E-state index contributed by atoms with van der Waals surface area (Å²) in [6.45, 7) is 3.08. The van der Waals surface area contributed by atoms with Crippen LogP contribution in [0.15, 0.2) is 6.33 Å². The molecule has 0 radical (unpaired) electrons. The molecule has 1 aromatic heterocycles. The van der Waals surface area contributed by atoms with E-state index in [1.54, 1.807) is 6.33 Å². The Balaban J connectivity index is 2.49. The average molecular weight is 149 g/mol. The number of rotatable bonds is 0. The minimum atomic E-state index is 1.03. The molecule has 2 heterocycles. The lowest BCUT2D eigenvalue weighted by Crippen LogP contribution is -2.14. The van der Waals surface area contributed by atoms with E-state index in [0.717, 1.165) is 24.5 Å². The van der Waals surface area contributed by atoms with Crippen molar-refractivity contribution in [2.24, 2.45) is 0 Å². The van der Waals surface area contributed by atoms with Crippen molar-refractivity contribution in [3.63, 3.8) is 0 Å². The van der Waals surface area contributed by atoms with Gasteiger partial charge < -0.3 is 5.32 Å². The molecule has 0 saturated heterocycles. The Morgan fingerprint density at radius 3 is 3.18 bits per heavy atom. The molecular formula is C8H11N3. The quantitative estimate of drug-likeness (QED) is 0.601. The number of nitrogens with one attached hydrogen (secondary N) is 1. The lowest BCUT2D eigenvalue weighted by atomic mass is 10.1. The van der Waals surface area contributed by atoms with Crippen LogP contribution < -0.4 is 5.32 Å². The molecule has 1 aliphatic rings. The van der Waals surface area contributed by atoms with Gasteiger partial charge in [0, 0.05) is 17.8 Å². The minimum absolute atomic E-state index is 1.03. The normalized spacial score (nSPS) is 15.4. The van der Waals surface area contributed by atoms with Crippen molar-refractivity contribution >= 4 is 5.82 Å². The van der Waals surface area contributed by atoms with Crippen molar-refractivity contribution in [3.05, 3.63) is 17.6 Å². The van der Waals surface area contributed by atoms with Crippen molar-refractivity contribution < 1.29 is 0 Å². The Hall–Kier alpha value is -1.12. The van der Waals surface area contributed by atoms with Crippen LogP contribution in [-0.2, 0) is 6.42 Å². The zero-order valence-corrected chi connectivity index (χ0v) is 6.59. The first kappa shape index (κ1) is 6.58. The van der Waals surface area contributed by atoms with Gasteiger partial charge in [-0.15, -0.1) is 0 Å². The van der Waals surface area contributed by atoms with Crippen LogP contribution in [0.3, 0.4) is 0 Å². The van der Waals surface area contributed by atoms with E-state index in [1.165, 1.54) is 12.0 Å². The average Bonchev–Trinajstić information content (AvgIpc) is 2.06. The second kappa shape index (κ2) is 2.49. The predicted octanol–water partition coefficient (Wildman–Crippen LogP) is 1.14. The van der Waals surface area contributed by atoms with E-state index >= 15 is 0 Å². The van der Waals surface area contributed by atoms with Gasteiger partial charge in [-0.1, -0.05) is 0 Å². The first-order valence-corrected chi connectivity index (χ1v) is 3.92. The van der Waals surface area contributed by atoms with Crippen LogP contribution in [-0.4, -0.2) is 16.5 Å². The molecule has 3 heteroatoms. The van der Waals surface area contributed by atoms with Gasteiger partial charge in [-0.25, -0.2) is 9.97 Å². The first-order valence-electron chi connectivity index (χ1n) is 3.92. The van der Waals surface area contributed by atoms with Crippen molar-refractivity contribution in [3.8, 4) is 0 Å². The highest BCUT2D eigenvalue weighted by molar-refractivity contribution is 5.47. The SMILES string of the molecule is Cc1ncnc2c1CCCN2. The van der Waals surface area contributed by atoms with Gasteiger partial charge in [-0.3, -0.25) is 0 Å². The van der Waals surface area contributed by atoms with Crippen molar-refractivity contribution in [1.29, 1.82) is 0 Å². The van der Waals surface area contributed by atoms with Crippen LogP contribution in [0.5, 0.6) is 0 Å². The zero-order chi connectivity index (χ0) is 7.68. The monoisotopic (exact) mass is 149 g/mol. The van der Waals surface area contributed by atoms with E-state index in [2.05, 4.69) is 15.3 Å². The van der Waals surface area contributed by atoms with Gasteiger partial charge in [-0.05, 0) is 19.8 Å². The molecular weight excluding hydrogens is 138 g/mol. The van der Waals surface area contributed by atoms with E-state index in [0.29, 0.717) is 0 Å². The Bertz CT molecular complexity index is 270. The molecule has 1 aliphatic heterocycles. The van der Waals surface area contributed by atoms with Gasteiger partial charge in [0.2, 0.25) is 0 Å². The summed E-state index contributed by atoms with van der Waals surface area (Å²) in [4.78, 5) is 8.30. The molecule has 1 N–H and O–H groups in total. The summed E-state index contributed by atoms with van der Waals surface area (Å²) in [6.07, 6.45) is 3.93. The van der Waals surface area contributed by atoms with E-state index in [4.69, 9.17) is 0 Å². The van der Waals surface area contributed by atoms with Crippen molar-refractivity contribution in [2.45, 2.75) is 19.8 Å². The Labute approximate surface area is 65.9 Å². The molecule has 0 aromatic carbocycles. The topological polar surface area (TPSA) is 37.8 Å². The first-order chi connectivity index (χ1) is 5.38. The third-order valence-corrected chi connectivity index (χ3v) is 2.06. The third kappa shape index (κ3) is 1.06. The summed E-state index contributed by atoms with van der Waals surface area (Å²) in [6, 6.07) is 0. The lowest BCUT2D eigenvalue weighted by molar-refractivity contribution is 0.798. The smallest absolute Gasteiger partial charge is 0.132 e. The van der Waals surface area contributed by atoms with Crippen LogP contribution in [0, 0.1) is 6.92 Å². The molecule has 11 heavy (non-hydrogen) atoms. The maximum Gasteiger partial charge on any atom is 0.132 e. The van der Waals surface area contributed by atoms with Gasteiger partial charge in [0.1, 0.15) is 12.1 Å². The summed E-state index contributed by atoms with van der Waals surface area (Å²) in [7, 11) is 0. The number of aromatic nitrogens is 2. The fraction of sp³-hybridized carbons (Fsp3) is 0.500. The van der Waals surface area contributed by atoms with Crippen LogP contribution in [0.2, 0.25) is 0 Å². The molecule has 0 atom stereocenters. The summed E-state index contributed by atoms with van der Waals surface area (Å²) in [5.41, 5.74) is 2.40. The molecule has 0 unspecified atom stereocenters. The third-order valence-electron chi connectivity index (χ3n) is 2.06. The maximum atomic E-state index is 4.16. The molecule has 2 rings (SSSR count). The fourth-order valence-electron chi connectivity index (χ4n) is 1.42. The van der Waals surface area contributed by atoms with Crippen LogP contribution in [0.4, 0.5) is 5.82 Å². The number of aryl methyl sites for hydroxylation is 1. The number of fused-ring (bicyclic) bond motifs is 1. The fourth-order valence-corrected chi connectivity index (χ4v) is 1.42. The Morgan fingerprint density at radius 2 is 2.36 bits per heavy atom. The highest BCUT2D eigenvalue weighted by Crippen LogP contribution is 2.19. The second-order valence-corrected chi connectivity index (χ2v) is 2.82. The molecule has 0 bridgehead atoms. The Morgan fingerprint density at radius 1 is 1.45 bits per heavy atom. The van der Waals surface area contributed by atoms with Crippen LogP contribution >= 0.6 is 0 Å². The van der Waals surface area contributed by atoms with Gasteiger partial charge in [0.25, 0.3) is 0 Å². The van der Waals surface area contributed by atoms with E-state index in [1.807, 2.05) is 6.92 Å². The summed E-state index contributed by atoms with van der Waals surface area (Å²) in [5.74, 6) is 1.03. The molecule has 0 amide bonds. The number of hydrogen-bond donors (Lipinski definition) is 1. The van der Waals surface area contributed by atoms with Gasteiger partial charge in [-0.2, -0.15) is 0 Å². The molecule has 0 fully saturated rings. The summed E-state index contributed by atoms with van der Waals surface area (Å²) < 4.78 is 0. The zero-order valence-electron chi connectivity index (χ0n) is 6.59. The van der Waals surface area contributed by atoms with Gasteiger partial charge >= 0.3 is 0 Å². The predicted molar refractivity (Wildman–Crippen MR) is 43.6 cm³/mol.